The second-order valence-corrected chi connectivity index (χ2v) is 8.64. The molecule has 0 fully saturated rings. The van der Waals surface area contributed by atoms with E-state index < -0.39 is 4.92 Å². The molecule has 0 amide bonds. The summed E-state index contributed by atoms with van der Waals surface area (Å²) in [5.74, 6) is 0.644. The number of nitro groups is 1. The van der Waals surface area contributed by atoms with Gasteiger partial charge < -0.3 is 0 Å². The van der Waals surface area contributed by atoms with Crippen LogP contribution < -0.4 is 0 Å². The monoisotopic (exact) mass is 424 g/mol. The van der Waals surface area contributed by atoms with Crippen LogP contribution in [0.5, 0.6) is 0 Å². The summed E-state index contributed by atoms with van der Waals surface area (Å²) in [6.07, 6.45) is 5.72. The molecular formula is C19H16N6O2S2. The molecule has 4 rings (SSSR count). The highest BCUT2D eigenvalue weighted by Crippen LogP contribution is 2.39. The first-order valence-corrected chi connectivity index (χ1v) is 10.6. The van der Waals surface area contributed by atoms with Crippen molar-refractivity contribution in [2.75, 3.05) is 0 Å². The van der Waals surface area contributed by atoms with E-state index in [0.29, 0.717) is 32.0 Å². The highest BCUT2D eigenvalue weighted by molar-refractivity contribution is 7.99. The van der Waals surface area contributed by atoms with Crippen molar-refractivity contribution in [1.82, 2.24) is 15.2 Å². The predicted molar refractivity (Wildman–Crippen MR) is 111 cm³/mol. The first-order chi connectivity index (χ1) is 14.0. The second kappa shape index (κ2) is 8.14. The lowest BCUT2D eigenvalue weighted by Gasteiger charge is -2.09. The number of hydrogen-bond donors (Lipinski definition) is 1. The quantitative estimate of drug-likeness (QED) is 0.359. The van der Waals surface area contributed by atoms with Crippen molar-refractivity contribution in [2.24, 2.45) is 4.99 Å². The van der Waals surface area contributed by atoms with E-state index in [1.165, 1.54) is 10.9 Å². The van der Waals surface area contributed by atoms with Crippen LogP contribution in [0.25, 0.3) is 0 Å². The Labute approximate surface area is 174 Å². The summed E-state index contributed by atoms with van der Waals surface area (Å²) in [6, 6.07) is 7.18. The smallest absolute Gasteiger partial charge is 0.262 e. The van der Waals surface area contributed by atoms with Gasteiger partial charge in [-0.05, 0) is 61.6 Å². The number of fused-ring (bicyclic) bond motifs is 1. The number of thiophene rings is 1. The number of rotatable bonds is 5. The molecule has 0 aliphatic heterocycles. The molecule has 2 aromatic heterocycles. The van der Waals surface area contributed by atoms with Gasteiger partial charge in [0.25, 0.3) is 5.69 Å². The number of H-pyrrole nitrogens is 1. The van der Waals surface area contributed by atoms with Gasteiger partial charge in [0.2, 0.25) is 5.16 Å². The van der Waals surface area contributed by atoms with E-state index in [1.54, 1.807) is 36.6 Å². The van der Waals surface area contributed by atoms with E-state index in [0.717, 1.165) is 43.0 Å². The average Bonchev–Trinajstić information content (AvgIpc) is 3.29. The maximum Gasteiger partial charge on any atom is 0.283 e. The summed E-state index contributed by atoms with van der Waals surface area (Å²) < 4.78 is 0. The average molecular weight is 425 g/mol. The van der Waals surface area contributed by atoms with Crippen molar-refractivity contribution in [2.45, 2.75) is 42.7 Å². The molecule has 1 aliphatic carbocycles. The SMILES string of the molecule is Cc1nc(Sc2ccc(C=Nc3sc4c(c3C#N)CCCC4)cc2[N+](=O)[O-])n[nH]1. The van der Waals surface area contributed by atoms with Crippen molar-refractivity contribution in [1.29, 1.82) is 5.26 Å². The molecule has 0 saturated heterocycles. The first kappa shape index (κ1) is 19.3. The maximum atomic E-state index is 11.5. The van der Waals surface area contributed by atoms with Gasteiger partial charge in [0, 0.05) is 17.2 Å². The molecule has 8 nitrogen and oxygen atoms in total. The molecule has 0 unspecified atom stereocenters. The Morgan fingerprint density at radius 3 is 2.97 bits per heavy atom. The largest absolute Gasteiger partial charge is 0.283 e. The fourth-order valence-corrected chi connectivity index (χ4v) is 5.23. The van der Waals surface area contributed by atoms with Crippen molar-refractivity contribution in [3.8, 4) is 6.07 Å². The van der Waals surface area contributed by atoms with Gasteiger partial charge in [0.1, 0.15) is 16.9 Å². The Bertz CT molecular complexity index is 1160. The van der Waals surface area contributed by atoms with Gasteiger partial charge in [-0.1, -0.05) is 6.07 Å². The van der Waals surface area contributed by atoms with Crippen molar-refractivity contribution >= 4 is 40.0 Å². The molecule has 1 aromatic carbocycles. The Balaban J connectivity index is 1.63. The van der Waals surface area contributed by atoms with E-state index in [2.05, 4.69) is 26.2 Å². The molecule has 10 heteroatoms. The number of aliphatic imine (C=N–C) groups is 1. The molecular weight excluding hydrogens is 408 g/mol. The molecule has 0 spiro atoms. The van der Waals surface area contributed by atoms with Crippen LogP contribution in [0.4, 0.5) is 10.7 Å². The molecule has 1 N–H and O–H groups in total. The van der Waals surface area contributed by atoms with Gasteiger partial charge >= 0.3 is 0 Å². The Morgan fingerprint density at radius 2 is 2.24 bits per heavy atom. The first-order valence-electron chi connectivity index (χ1n) is 8.99. The molecule has 1 aliphatic rings. The molecule has 0 bridgehead atoms. The third-order valence-electron chi connectivity index (χ3n) is 4.55. The summed E-state index contributed by atoms with van der Waals surface area (Å²) >= 11 is 2.68. The van der Waals surface area contributed by atoms with Crippen molar-refractivity contribution < 1.29 is 4.92 Å². The van der Waals surface area contributed by atoms with Gasteiger partial charge in [-0.3, -0.25) is 15.2 Å². The topological polar surface area (TPSA) is 121 Å². The van der Waals surface area contributed by atoms with E-state index >= 15 is 0 Å². The highest BCUT2D eigenvalue weighted by Gasteiger charge is 2.21. The van der Waals surface area contributed by atoms with Crippen LogP contribution in [0.3, 0.4) is 0 Å². The van der Waals surface area contributed by atoms with Crippen LogP contribution in [0, 0.1) is 28.4 Å². The summed E-state index contributed by atoms with van der Waals surface area (Å²) in [4.78, 5) is 21.5. The molecule has 0 saturated carbocycles. The van der Waals surface area contributed by atoms with Crippen molar-refractivity contribution in [3.05, 3.63) is 55.7 Å². The molecule has 29 heavy (non-hydrogen) atoms. The zero-order valence-electron chi connectivity index (χ0n) is 15.5. The Hall–Kier alpha value is -3.03. The molecule has 0 radical (unpaired) electrons. The fourth-order valence-electron chi connectivity index (χ4n) is 3.20. The van der Waals surface area contributed by atoms with E-state index in [-0.39, 0.29) is 5.69 Å². The minimum absolute atomic E-state index is 0.0348. The third kappa shape index (κ3) is 4.06. The number of aromatic nitrogens is 3. The van der Waals surface area contributed by atoms with Gasteiger partial charge in [0.15, 0.2) is 0 Å². The number of nitrogens with zero attached hydrogens (tertiary/aromatic N) is 5. The Kier molecular flexibility index (Phi) is 5.42. The lowest BCUT2D eigenvalue weighted by molar-refractivity contribution is -0.387. The van der Waals surface area contributed by atoms with Crippen LogP contribution in [0.2, 0.25) is 0 Å². The van der Waals surface area contributed by atoms with Gasteiger partial charge in [-0.25, -0.2) is 9.98 Å². The number of nitrogens with one attached hydrogen (secondary N) is 1. The second-order valence-electron chi connectivity index (χ2n) is 6.55. The third-order valence-corrected chi connectivity index (χ3v) is 6.68. The summed E-state index contributed by atoms with van der Waals surface area (Å²) in [7, 11) is 0. The fraction of sp³-hybridized carbons (Fsp3) is 0.263. The molecule has 3 aromatic rings. The van der Waals surface area contributed by atoms with Crippen LogP contribution in [0.15, 0.2) is 33.2 Å². The van der Waals surface area contributed by atoms with E-state index in [4.69, 9.17) is 0 Å². The summed E-state index contributed by atoms with van der Waals surface area (Å²) in [5.41, 5.74) is 2.33. The number of benzene rings is 1. The zero-order chi connectivity index (χ0) is 20.4. The molecule has 0 atom stereocenters. The van der Waals surface area contributed by atoms with Gasteiger partial charge in [0.05, 0.1) is 15.4 Å². The lowest BCUT2D eigenvalue weighted by atomic mass is 9.96. The van der Waals surface area contributed by atoms with Crippen LogP contribution in [0.1, 0.15) is 40.2 Å². The van der Waals surface area contributed by atoms with Crippen LogP contribution >= 0.6 is 23.1 Å². The minimum Gasteiger partial charge on any atom is -0.262 e. The number of nitriles is 1. The number of aryl methyl sites for hydroxylation is 2. The summed E-state index contributed by atoms with van der Waals surface area (Å²) in [5, 5.41) is 28.9. The zero-order valence-corrected chi connectivity index (χ0v) is 17.1. The number of aromatic amines is 1. The van der Waals surface area contributed by atoms with Gasteiger partial charge in [-0.15, -0.1) is 16.4 Å². The minimum atomic E-state index is -0.427. The lowest BCUT2D eigenvalue weighted by Crippen LogP contribution is -1.99. The Morgan fingerprint density at radius 1 is 1.41 bits per heavy atom. The summed E-state index contributed by atoms with van der Waals surface area (Å²) in [6.45, 7) is 1.77. The van der Waals surface area contributed by atoms with Gasteiger partial charge in [-0.2, -0.15) is 5.26 Å². The van der Waals surface area contributed by atoms with Crippen LogP contribution in [-0.4, -0.2) is 26.3 Å². The highest BCUT2D eigenvalue weighted by atomic mass is 32.2. The molecule has 146 valence electrons. The standard InChI is InChI=1S/C19H16N6O2S2/c1-11-22-19(24-23-11)29-17-7-6-12(8-15(17)25(26)27)10-21-18-14(9-20)13-4-2-3-5-16(13)28-18/h6-8,10H,2-5H2,1H3,(H,22,23,24). The van der Waals surface area contributed by atoms with Crippen LogP contribution in [-0.2, 0) is 12.8 Å². The predicted octanol–water partition coefficient (Wildman–Crippen LogP) is 4.74. The maximum absolute atomic E-state index is 11.5. The van der Waals surface area contributed by atoms with E-state index in [9.17, 15) is 15.4 Å². The number of hydrogen-bond acceptors (Lipinski definition) is 8. The van der Waals surface area contributed by atoms with Crippen molar-refractivity contribution in [3.63, 3.8) is 0 Å². The van der Waals surface area contributed by atoms with E-state index in [1.807, 2.05) is 0 Å². The normalized spacial score (nSPS) is 13.4. The molecule has 2 heterocycles. The number of nitro benzene ring substituents is 1.